The van der Waals surface area contributed by atoms with Crippen LogP contribution in [0.2, 0.25) is 0 Å². The zero-order chi connectivity index (χ0) is 19.1. The molecule has 0 aliphatic carbocycles. The minimum absolute atomic E-state index is 0.185. The molecular weight excluding hydrogens is 473 g/mol. The number of ether oxygens (including phenoxy) is 1. The van der Waals surface area contributed by atoms with Crippen LogP contribution < -0.4 is 15.4 Å². The van der Waals surface area contributed by atoms with E-state index in [0.29, 0.717) is 23.7 Å². The zero-order valence-electron chi connectivity index (χ0n) is 14.2. The average molecular weight is 489 g/mol. The summed E-state index contributed by atoms with van der Waals surface area (Å²) in [7, 11) is 0. The molecule has 0 radical (unpaired) electrons. The van der Waals surface area contributed by atoms with Crippen molar-refractivity contribution in [3.8, 4) is 5.75 Å². The number of thiocarbonyl (C=S) groups is 1. The van der Waals surface area contributed by atoms with Crippen molar-refractivity contribution < 1.29 is 9.53 Å². The first-order valence-electron chi connectivity index (χ1n) is 8.11. The van der Waals surface area contributed by atoms with Gasteiger partial charge in [-0.25, -0.2) is 4.98 Å². The molecule has 0 aliphatic rings. The van der Waals surface area contributed by atoms with Crippen LogP contribution in [-0.4, -0.2) is 16.0 Å². The summed E-state index contributed by atoms with van der Waals surface area (Å²) in [6.07, 6.45) is 1.71. The Morgan fingerprint density at radius 2 is 1.89 bits per heavy atom. The first kappa shape index (κ1) is 19.2. The molecule has 27 heavy (non-hydrogen) atoms. The Labute approximate surface area is 176 Å². The summed E-state index contributed by atoms with van der Waals surface area (Å²) in [5.41, 5.74) is 1.52. The van der Waals surface area contributed by atoms with Crippen molar-refractivity contribution in [1.82, 2.24) is 10.3 Å². The van der Waals surface area contributed by atoms with E-state index < -0.39 is 0 Å². The lowest BCUT2D eigenvalue weighted by molar-refractivity contribution is 0.0977. The van der Waals surface area contributed by atoms with Gasteiger partial charge in [0.15, 0.2) is 5.11 Å². The first-order valence-corrected chi connectivity index (χ1v) is 9.59. The van der Waals surface area contributed by atoms with Crippen LogP contribution in [0.25, 0.3) is 0 Å². The average Bonchev–Trinajstić information content (AvgIpc) is 2.69. The lowest BCUT2D eigenvalue weighted by Crippen LogP contribution is -2.34. The van der Waals surface area contributed by atoms with Gasteiger partial charge >= 0.3 is 0 Å². The SMILES string of the molecule is O=C(NC(=S)Nc1ccc(I)cn1)c1cccc(OCc2ccccc2)c1. The Kier molecular flexibility index (Phi) is 6.72. The molecule has 0 saturated heterocycles. The standard InChI is InChI=1S/C20H16IN3O2S/c21-16-9-10-18(22-12-16)23-20(27)24-19(25)15-7-4-8-17(11-15)26-13-14-5-2-1-3-6-14/h1-12H,13H2,(H2,22,23,24,25,27). The smallest absolute Gasteiger partial charge is 0.257 e. The third kappa shape index (κ3) is 6.00. The molecular formula is C20H16IN3O2S. The minimum atomic E-state index is -0.317. The normalized spacial score (nSPS) is 10.1. The molecule has 2 aromatic carbocycles. The van der Waals surface area contributed by atoms with Crippen molar-refractivity contribution in [1.29, 1.82) is 0 Å². The number of rotatable bonds is 5. The predicted octanol–water partition coefficient (Wildman–Crippen LogP) is 4.39. The van der Waals surface area contributed by atoms with Crippen molar-refractivity contribution in [3.63, 3.8) is 0 Å². The number of pyridine rings is 1. The lowest BCUT2D eigenvalue weighted by atomic mass is 10.2. The highest BCUT2D eigenvalue weighted by atomic mass is 127. The number of halogens is 1. The maximum atomic E-state index is 12.4. The number of aromatic nitrogens is 1. The molecule has 1 heterocycles. The molecule has 0 bridgehead atoms. The number of carbonyl (C=O) groups is 1. The first-order chi connectivity index (χ1) is 13.1. The van der Waals surface area contributed by atoms with Gasteiger partial charge in [0, 0.05) is 15.3 Å². The number of anilines is 1. The van der Waals surface area contributed by atoms with Gasteiger partial charge < -0.3 is 10.1 Å². The molecule has 0 aliphatic heterocycles. The summed E-state index contributed by atoms with van der Waals surface area (Å²) < 4.78 is 6.77. The van der Waals surface area contributed by atoms with Crippen LogP contribution in [0.4, 0.5) is 5.82 Å². The summed E-state index contributed by atoms with van der Waals surface area (Å²) >= 11 is 7.34. The Balaban J connectivity index is 1.57. The molecule has 0 spiro atoms. The van der Waals surface area contributed by atoms with Crippen LogP contribution in [0.3, 0.4) is 0 Å². The van der Waals surface area contributed by atoms with E-state index in [1.807, 2.05) is 42.5 Å². The van der Waals surface area contributed by atoms with Gasteiger partial charge in [-0.15, -0.1) is 0 Å². The molecule has 3 aromatic rings. The van der Waals surface area contributed by atoms with Crippen molar-refractivity contribution >= 4 is 51.6 Å². The largest absolute Gasteiger partial charge is 0.489 e. The van der Waals surface area contributed by atoms with Gasteiger partial charge in [0.25, 0.3) is 5.91 Å². The maximum Gasteiger partial charge on any atom is 0.257 e. The van der Waals surface area contributed by atoms with Crippen molar-refractivity contribution in [2.24, 2.45) is 0 Å². The van der Waals surface area contributed by atoms with E-state index in [2.05, 4.69) is 38.2 Å². The maximum absolute atomic E-state index is 12.4. The van der Waals surface area contributed by atoms with Crippen LogP contribution in [0.15, 0.2) is 72.9 Å². The molecule has 136 valence electrons. The van der Waals surface area contributed by atoms with Gasteiger partial charge in [-0.05, 0) is 70.7 Å². The minimum Gasteiger partial charge on any atom is -0.489 e. The Bertz CT molecular complexity index is 933. The number of nitrogens with one attached hydrogen (secondary N) is 2. The predicted molar refractivity (Wildman–Crippen MR) is 118 cm³/mol. The van der Waals surface area contributed by atoms with Crippen LogP contribution in [0, 0.1) is 3.57 Å². The number of benzene rings is 2. The van der Waals surface area contributed by atoms with E-state index >= 15 is 0 Å². The van der Waals surface area contributed by atoms with Crippen LogP contribution in [0.5, 0.6) is 5.75 Å². The number of carbonyl (C=O) groups excluding carboxylic acids is 1. The topological polar surface area (TPSA) is 63.2 Å². The molecule has 0 atom stereocenters. The second-order valence-electron chi connectivity index (χ2n) is 5.57. The van der Waals surface area contributed by atoms with E-state index in [-0.39, 0.29) is 11.0 Å². The van der Waals surface area contributed by atoms with Crippen LogP contribution >= 0.6 is 34.8 Å². The summed E-state index contributed by atoms with van der Waals surface area (Å²) in [5.74, 6) is 0.869. The van der Waals surface area contributed by atoms with Gasteiger partial charge in [-0.2, -0.15) is 0 Å². The number of hydrogen-bond acceptors (Lipinski definition) is 4. The van der Waals surface area contributed by atoms with Crippen molar-refractivity contribution in [2.45, 2.75) is 6.61 Å². The van der Waals surface area contributed by atoms with Gasteiger partial charge in [0.05, 0.1) is 0 Å². The Morgan fingerprint density at radius 3 is 2.63 bits per heavy atom. The van der Waals surface area contributed by atoms with Crippen LogP contribution in [0.1, 0.15) is 15.9 Å². The second kappa shape index (κ2) is 9.43. The number of hydrogen-bond donors (Lipinski definition) is 2. The van der Waals surface area contributed by atoms with Crippen molar-refractivity contribution in [2.75, 3.05) is 5.32 Å². The Hall–Kier alpha value is -2.52. The molecule has 7 heteroatoms. The highest BCUT2D eigenvalue weighted by Gasteiger charge is 2.09. The molecule has 0 unspecified atom stereocenters. The number of nitrogens with zero attached hydrogens (tertiary/aromatic N) is 1. The molecule has 5 nitrogen and oxygen atoms in total. The van der Waals surface area contributed by atoms with Crippen molar-refractivity contribution in [3.05, 3.63) is 87.6 Å². The van der Waals surface area contributed by atoms with E-state index in [9.17, 15) is 4.79 Å². The molecule has 0 fully saturated rings. The molecule has 3 rings (SSSR count). The fraction of sp³-hybridized carbons (Fsp3) is 0.0500. The van der Waals surface area contributed by atoms with Gasteiger partial charge in [0.2, 0.25) is 0 Å². The fourth-order valence-electron chi connectivity index (χ4n) is 2.24. The molecule has 1 aromatic heterocycles. The third-order valence-electron chi connectivity index (χ3n) is 3.54. The summed E-state index contributed by atoms with van der Waals surface area (Å²) in [6, 6.07) is 20.5. The lowest BCUT2D eigenvalue weighted by Gasteiger charge is -2.10. The van der Waals surface area contributed by atoms with Gasteiger partial charge in [-0.1, -0.05) is 36.4 Å². The van der Waals surface area contributed by atoms with E-state index in [1.54, 1.807) is 30.5 Å². The summed E-state index contributed by atoms with van der Waals surface area (Å²) in [5, 5.41) is 5.71. The number of amides is 1. The summed E-state index contributed by atoms with van der Waals surface area (Å²) in [6.45, 7) is 0.435. The quantitative estimate of drug-likeness (QED) is 0.411. The Morgan fingerprint density at radius 1 is 1.07 bits per heavy atom. The second-order valence-corrected chi connectivity index (χ2v) is 7.23. The highest BCUT2D eigenvalue weighted by molar-refractivity contribution is 14.1. The van der Waals surface area contributed by atoms with Gasteiger partial charge in [-0.3, -0.25) is 10.1 Å². The molecule has 0 saturated carbocycles. The van der Waals surface area contributed by atoms with Crippen LogP contribution in [-0.2, 0) is 6.61 Å². The molecule has 2 N–H and O–H groups in total. The van der Waals surface area contributed by atoms with E-state index in [0.717, 1.165) is 9.13 Å². The zero-order valence-corrected chi connectivity index (χ0v) is 17.2. The highest BCUT2D eigenvalue weighted by Crippen LogP contribution is 2.15. The monoisotopic (exact) mass is 489 g/mol. The van der Waals surface area contributed by atoms with E-state index in [4.69, 9.17) is 17.0 Å². The summed E-state index contributed by atoms with van der Waals surface area (Å²) in [4.78, 5) is 16.6. The van der Waals surface area contributed by atoms with Gasteiger partial charge in [0.1, 0.15) is 18.2 Å². The molecule has 1 amide bonds. The third-order valence-corrected chi connectivity index (χ3v) is 4.38. The fourth-order valence-corrected chi connectivity index (χ4v) is 2.76. The van der Waals surface area contributed by atoms with E-state index in [1.165, 1.54) is 0 Å².